The number of hydrogen-bond donors (Lipinski definition) is 0. The zero-order valence-corrected chi connectivity index (χ0v) is 13.7. The van der Waals surface area contributed by atoms with Crippen molar-refractivity contribution in [1.82, 2.24) is 0 Å². The first-order chi connectivity index (χ1) is 10.9. The first-order valence-corrected chi connectivity index (χ1v) is 8.50. The highest BCUT2D eigenvalue weighted by Gasteiger charge is 2.11. The standard InChI is InChI=1S/C17H17NO4S/c1-3-22-17(19)15-8-6-14(7-9-15)12-18-23(20,21)16-10-4-13(2)5-11-16/h4-12H,3H2,1-2H3. The quantitative estimate of drug-likeness (QED) is 0.624. The number of rotatable bonds is 5. The van der Waals surface area contributed by atoms with E-state index in [0.717, 1.165) is 5.56 Å². The topological polar surface area (TPSA) is 72.8 Å². The lowest BCUT2D eigenvalue weighted by molar-refractivity contribution is 0.0526. The van der Waals surface area contributed by atoms with Crippen LogP contribution in [-0.2, 0) is 14.8 Å². The van der Waals surface area contributed by atoms with Crippen LogP contribution in [0.5, 0.6) is 0 Å². The molecule has 0 heterocycles. The molecule has 0 N–H and O–H groups in total. The molecule has 0 aromatic heterocycles. The highest BCUT2D eigenvalue weighted by atomic mass is 32.2. The minimum absolute atomic E-state index is 0.141. The van der Waals surface area contributed by atoms with E-state index in [-0.39, 0.29) is 4.90 Å². The molecule has 0 unspecified atom stereocenters. The van der Waals surface area contributed by atoms with E-state index in [1.165, 1.54) is 18.3 Å². The van der Waals surface area contributed by atoms with Gasteiger partial charge in [-0.15, -0.1) is 0 Å². The van der Waals surface area contributed by atoms with Crippen LogP contribution in [0.2, 0.25) is 0 Å². The van der Waals surface area contributed by atoms with Crippen molar-refractivity contribution < 1.29 is 17.9 Å². The molecule has 0 spiro atoms. The van der Waals surface area contributed by atoms with Crippen LogP contribution < -0.4 is 0 Å². The Morgan fingerprint density at radius 3 is 2.26 bits per heavy atom. The van der Waals surface area contributed by atoms with E-state index in [2.05, 4.69) is 4.40 Å². The van der Waals surface area contributed by atoms with Gasteiger partial charge in [0.2, 0.25) is 0 Å². The second kappa shape index (κ2) is 7.19. The Morgan fingerprint density at radius 1 is 1.09 bits per heavy atom. The van der Waals surface area contributed by atoms with E-state index >= 15 is 0 Å². The molecule has 6 heteroatoms. The summed E-state index contributed by atoms with van der Waals surface area (Å²) in [6.07, 6.45) is 1.25. The smallest absolute Gasteiger partial charge is 0.338 e. The molecular weight excluding hydrogens is 314 g/mol. The molecule has 23 heavy (non-hydrogen) atoms. The van der Waals surface area contributed by atoms with Crippen LogP contribution >= 0.6 is 0 Å². The third-order valence-electron chi connectivity index (χ3n) is 3.08. The number of carbonyl (C=O) groups excluding carboxylic acids is 1. The number of benzene rings is 2. The molecule has 0 saturated heterocycles. The third-order valence-corrected chi connectivity index (χ3v) is 4.33. The second-order valence-corrected chi connectivity index (χ2v) is 6.50. The SMILES string of the molecule is CCOC(=O)c1ccc(C=NS(=O)(=O)c2ccc(C)cc2)cc1. The Bertz CT molecular complexity index is 807. The van der Waals surface area contributed by atoms with Gasteiger partial charge in [-0.2, -0.15) is 12.8 Å². The Morgan fingerprint density at radius 2 is 1.70 bits per heavy atom. The Balaban J connectivity index is 2.16. The summed E-state index contributed by atoms with van der Waals surface area (Å²) in [5.41, 5.74) is 1.96. The average Bonchev–Trinajstić information content (AvgIpc) is 2.54. The maximum absolute atomic E-state index is 12.1. The van der Waals surface area contributed by atoms with Crippen molar-refractivity contribution in [2.75, 3.05) is 6.61 Å². The summed E-state index contributed by atoms with van der Waals surface area (Å²) in [5.74, 6) is -0.414. The van der Waals surface area contributed by atoms with Gasteiger partial charge in [0.05, 0.1) is 17.1 Å². The summed E-state index contributed by atoms with van der Waals surface area (Å²) in [6.45, 7) is 3.91. The van der Waals surface area contributed by atoms with Crippen LogP contribution in [0.1, 0.15) is 28.4 Å². The van der Waals surface area contributed by atoms with Crippen molar-refractivity contribution in [3.05, 3.63) is 65.2 Å². The fourth-order valence-electron chi connectivity index (χ4n) is 1.82. The minimum Gasteiger partial charge on any atom is -0.462 e. The molecule has 0 aliphatic heterocycles. The number of esters is 1. The van der Waals surface area contributed by atoms with Gasteiger partial charge in [0, 0.05) is 6.21 Å². The molecule has 5 nitrogen and oxygen atoms in total. The van der Waals surface area contributed by atoms with E-state index in [0.29, 0.717) is 17.7 Å². The predicted octanol–water partition coefficient (Wildman–Crippen LogP) is 2.98. The molecule has 0 aliphatic rings. The zero-order valence-electron chi connectivity index (χ0n) is 12.9. The first kappa shape index (κ1) is 16.9. The number of carbonyl (C=O) groups is 1. The Hall–Kier alpha value is -2.47. The second-order valence-electron chi connectivity index (χ2n) is 4.87. The molecule has 120 valence electrons. The molecular formula is C17H17NO4S. The van der Waals surface area contributed by atoms with Crippen LogP contribution in [0.15, 0.2) is 57.8 Å². The number of hydrogen-bond acceptors (Lipinski definition) is 4. The van der Waals surface area contributed by atoms with Crippen LogP contribution in [0.4, 0.5) is 0 Å². The zero-order chi connectivity index (χ0) is 16.9. The Labute approximate surface area is 135 Å². The van der Waals surface area contributed by atoms with Crippen molar-refractivity contribution in [3.63, 3.8) is 0 Å². The maximum Gasteiger partial charge on any atom is 0.338 e. The summed E-state index contributed by atoms with van der Waals surface area (Å²) >= 11 is 0. The number of sulfonamides is 1. The number of ether oxygens (including phenoxy) is 1. The summed E-state index contributed by atoms with van der Waals surface area (Å²) in [4.78, 5) is 11.7. The van der Waals surface area contributed by atoms with Gasteiger partial charge < -0.3 is 4.74 Å². The summed E-state index contributed by atoms with van der Waals surface area (Å²) in [5, 5.41) is 0. The summed E-state index contributed by atoms with van der Waals surface area (Å²) in [7, 11) is -3.73. The molecule has 2 aromatic carbocycles. The monoisotopic (exact) mass is 331 g/mol. The van der Waals surface area contributed by atoms with Gasteiger partial charge in [-0.1, -0.05) is 29.8 Å². The fourth-order valence-corrected chi connectivity index (χ4v) is 2.68. The van der Waals surface area contributed by atoms with Crippen molar-refractivity contribution in [2.24, 2.45) is 4.40 Å². The van der Waals surface area contributed by atoms with Gasteiger partial charge >= 0.3 is 5.97 Å². The summed E-state index contributed by atoms with van der Waals surface area (Å²) in [6, 6.07) is 12.8. The van der Waals surface area contributed by atoms with Crippen LogP contribution in [-0.4, -0.2) is 27.2 Å². The van der Waals surface area contributed by atoms with Gasteiger partial charge in [0.15, 0.2) is 0 Å². The molecule has 0 bridgehead atoms. The van der Waals surface area contributed by atoms with Crippen molar-refractivity contribution >= 4 is 22.2 Å². The molecule has 0 amide bonds. The normalized spacial score (nSPS) is 11.6. The molecule has 2 rings (SSSR count). The molecule has 0 aliphatic carbocycles. The van der Waals surface area contributed by atoms with E-state index in [9.17, 15) is 13.2 Å². The lowest BCUT2D eigenvalue weighted by atomic mass is 10.1. The van der Waals surface area contributed by atoms with Gasteiger partial charge in [-0.25, -0.2) is 4.79 Å². The molecule has 0 atom stereocenters. The molecule has 2 aromatic rings. The lowest BCUT2D eigenvalue weighted by Gasteiger charge is -2.02. The fraction of sp³-hybridized carbons (Fsp3) is 0.176. The number of nitrogens with zero attached hydrogens (tertiary/aromatic N) is 1. The van der Waals surface area contributed by atoms with Crippen molar-refractivity contribution in [2.45, 2.75) is 18.7 Å². The average molecular weight is 331 g/mol. The summed E-state index contributed by atoms with van der Waals surface area (Å²) < 4.78 is 32.8. The lowest BCUT2D eigenvalue weighted by Crippen LogP contribution is -2.04. The van der Waals surface area contributed by atoms with Gasteiger partial charge in [0.25, 0.3) is 10.0 Å². The molecule has 0 radical (unpaired) electrons. The van der Waals surface area contributed by atoms with E-state index in [1.807, 2.05) is 6.92 Å². The minimum atomic E-state index is -3.73. The maximum atomic E-state index is 12.1. The highest BCUT2D eigenvalue weighted by molar-refractivity contribution is 7.90. The largest absolute Gasteiger partial charge is 0.462 e. The first-order valence-electron chi connectivity index (χ1n) is 7.06. The van der Waals surface area contributed by atoms with E-state index in [1.54, 1.807) is 43.3 Å². The Kier molecular flexibility index (Phi) is 5.28. The van der Waals surface area contributed by atoms with Crippen LogP contribution in [0.3, 0.4) is 0 Å². The van der Waals surface area contributed by atoms with Crippen molar-refractivity contribution in [1.29, 1.82) is 0 Å². The number of aryl methyl sites for hydroxylation is 1. The van der Waals surface area contributed by atoms with Crippen LogP contribution in [0.25, 0.3) is 0 Å². The predicted molar refractivity (Wildman–Crippen MR) is 88.4 cm³/mol. The molecule has 0 saturated carbocycles. The van der Waals surface area contributed by atoms with Gasteiger partial charge in [-0.3, -0.25) is 0 Å². The third kappa shape index (κ3) is 4.50. The van der Waals surface area contributed by atoms with Gasteiger partial charge in [0.1, 0.15) is 0 Å². The van der Waals surface area contributed by atoms with E-state index < -0.39 is 16.0 Å². The van der Waals surface area contributed by atoms with Crippen molar-refractivity contribution in [3.8, 4) is 0 Å². The molecule has 0 fully saturated rings. The highest BCUT2D eigenvalue weighted by Crippen LogP contribution is 2.13. The van der Waals surface area contributed by atoms with Gasteiger partial charge in [-0.05, 0) is 43.7 Å². The van der Waals surface area contributed by atoms with Crippen LogP contribution in [0, 0.1) is 6.92 Å². The van der Waals surface area contributed by atoms with E-state index in [4.69, 9.17) is 4.74 Å².